The summed E-state index contributed by atoms with van der Waals surface area (Å²) in [5.41, 5.74) is 2.73. The molecule has 0 heterocycles. The lowest BCUT2D eigenvalue weighted by atomic mass is 9.87. The molecular formula is C16H26O2S. The van der Waals surface area contributed by atoms with Gasteiger partial charge < -0.3 is 9.47 Å². The fraction of sp³-hybridized carbons (Fsp3) is 0.625. The predicted octanol–water partition coefficient (Wildman–Crippen LogP) is 4.57. The number of hydrogen-bond acceptors (Lipinski definition) is 3. The van der Waals surface area contributed by atoms with E-state index < -0.39 is 0 Å². The summed E-state index contributed by atoms with van der Waals surface area (Å²) in [5, 5.41) is 0. The molecule has 1 rings (SSSR count). The van der Waals surface area contributed by atoms with Crippen LogP contribution in [-0.4, -0.2) is 18.8 Å². The number of thioether (sulfide) groups is 1. The van der Waals surface area contributed by atoms with Crippen molar-refractivity contribution in [2.24, 2.45) is 0 Å². The molecule has 0 fully saturated rings. The van der Waals surface area contributed by atoms with Crippen LogP contribution in [0.2, 0.25) is 0 Å². The minimum absolute atomic E-state index is 0.155. The third-order valence-corrected chi connectivity index (χ3v) is 3.86. The van der Waals surface area contributed by atoms with E-state index in [9.17, 15) is 0 Å². The van der Waals surface area contributed by atoms with E-state index in [-0.39, 0.29) is 11.0 Å². The SMILES string of the molecule is CCOC(OCC)SCc1ccc(C(C)(C)C)cc1. The Hall–Kier alpha value is -0.510. The molecule has 0 saturated heterocycles. The highest BCUT2D eigenvalue weighted by Gasteiger charge is 2.13. The van der Waals surface area contributed by atoms with Crippen molar-refractivity contribution in [1.82, 2.24) is 0 Å². The van der Waals surface area contributed by atoms with Gasteiger partial charge >= 0.3 is 0 Å². The van der Waals surface area contributed by atoms with Gasteiger partial charge in [-0.2, -0.15) is 0 Å². The molecule has 19 heavy (non-hydrogen) atoms. The Morgan fingerprint density at radius 1 is 1.00 bits per heavy atom. The molecule has 0 saturated carbocycles. The second kappa shape index (κ2) is 7.93. The van der Waals surface area contributed by atoms with Crippen molar-refractivity contribution in [3.8, 4) is 0 Å². The van der Waals surface area contributed by atoms with Gasteiger partial charge in [-0.3, -0.25) is 0 Å². The molecule has 1 aromatic rings. The van der Waals surface area contributed by atoms with Gasteiger partial charge in [-0.05, 0) is 30.4 Å². The molecule has 0 spiro atoms. The summed E-state index contributed by atoms with van der Waals surface area (Å²) in [7, 11) is 0. The highest BCUT2D eigenvalue weighted by atomic mass is 32.2. The number of hydrogen-bond donors (Lipinski definition) is 0. The van der Waals surface area contributed by atoms with Crippen LogP contribution in [-0.2, 0) is 20.6 Å². The first-order valence-corrected chi connectivity index (χ1v) is 7.96. The van der Waals surface area contributed by atoms with Crippen LogP contribution in [0.1, 0.15) is 45.7 Å². The number of ether oxygens (including phenoxy) is 2. The maximum Gasteiger partial charge on any atom is 0.207 e. The maximum atomic E-state index is 5.52. The van der Waals surface area contributed by atoms with Gasteiger partial charge in [-0.25, -0.2) is 0 Å². The summed E-state index contributed by atoms with van der Waals surface area (Å²) in [5.74, 6) is 0.912. The van der Waals surface area contributed by atoms with E-state index in [4.69, 9.17) is 9.47 Å². The summed E-state index contributed by atoms with van der Waals surface area (Å²) in [6, 6.07) is 8.82. The van der Waals surface area contributed by atoms with Crippen molar-refractivity contribution >= 4 is 11.8 Å². The molecule has 0 amide bonds. The van der Waals surface area contributed by atoms with Gasteiger partial charge in [0.15, 0.2) is 0 Å². The standard InChI is InChI=1S/C16H26O2S/c1-6-17-15(18-7-2)19-12-13-8-10-14(11-9-13)16(3,4)5/h8-11,15H,6-7,12H2,1-5H3. The Labute approximate surface area is 121 Å². The van der Waals surface area contributed by atoms with Crippen molar-refractivity contribution in [3.05, 3.63) is 35.4 Å². The molecule has 2 nitrogen and oxygen atoms in total. The lowest BCUT2D eigenvalue weighted by Gasteiger charge is -2.19. The summed E-state index contributed by atoms with van der Waals surface area (Å²) in [4.78, 5) is 0. The van der Waals surface area contributed by atoms with Crippen molar-refractivity contribution in [2.75, 3.05) is 13.2 Å². The summed E-state index contributed by atoms with van der Waals surface area (Å²) in [6.07, 6.45) is 0. The molecule has 0 aliphatic heterocycles. The number of rotatable bonds is 7. The van der Waals surface area contributed by atoms with Crippen molar-refractivity contribution in [2.45, 2.75) is 51.4 Å². The second-order valence-electron chi connectivity index (χ2n) is 5.46. The quantitative estimate of drug-likeness (QED) is 0.682. The smallest absolute Gasteiger partial charge is 0.207 e. The number of benzene rings is 1. The fourth-order valence-corrected chi connectivity index (χ4v) is 2.67. The van der Waals surface area contributed by atoms with Crippen LogP contribution in [0.3, 0.4) is 0 Å². The van der Waals surface area contributed by atoms with Crippen LogP contribution in [0.15, 0.2) is 24.3 Å². The molecule has 3 heteroatoms. The lowest BCUT2D eigenvalue weighted by Crippen LogP contribution is -2.13. The van der Waals surface area contributed by atoms with Crippen molar-refractivity contribution in [3.63, 3.8) is 0 Å². The van der Waals surface area contributed by atoms with E-state index in [1.54, 1.807) is 11.8 Å². The third-order valence-electron chi connectivity index (χ3n) is 2.81. The van der Waals surface area contributed by atoms with Crippen LogP contribution < -0.4 is 0 Å². The minimum Gasteiger partial charge on any atom is -0.344 e. The molecule has 0 radical (unpaired) electrons. The van der Waals surface area contributed by atoms with Crippen LogP contribution >= 0.6 is 11.8 Å². The average Bonchev–Trinajstić information content (AvgIpc) is 2.36. The molecule has 0 N–H and O–H groups in total. The van der Waals surface area contributed by atoms with E-state index in [1.807, 2.05) is 13.8 Å². The van der Waals surface area contributed by atoms with Crippen LogP contribution in [0.25, 0.3) is 0 Å². The normalized spacial score (nSPS) is 12.1. The van der Waals surface area contributed by atoms with Gasteiger partial charge in [0.2, 0.25) is 5.62 Å². The van der Waals surface area contributed by atoms with Crippen molar-refractivity contribution in [1.29, 1.82) is 0 Å². The lowest BCUT2D eigenvalue weighted by molar-refractivity contribution is -0.0738. The first kappa shape index (κ1) is 16.5. The first-order chi connectivity index (χ1) is 8.97. The molecular weight excluding hydrogens is 256 g/mol. The van der Waals surface area contributed by atoms with E-state index in [0.717, 1.165) is 5.75 Å². The van der Waals surface area contributed by atoms with Gasteiger partial charge in [0.1, 0.15) is 0 Å². The second-order valence-corrected chi connectivity index (χ2v) is 6.46. The predicted molar refractivity (Wildman–Crippen MR) is 83.5 cm³/mol. The largest absolute Gasteiger partial charge is 0.344 e. The average molecular weight is 282 g/mol. The Morgan fingerprint density at radius 2 is 1.53 bits per heavy atom. The highest BCUT2D eigenvalue weighted by Crippen LogP contribution is 2.25. The van der Waals surface area contributed by atoms with Gasteiger partial charge in [-0.15, -0.1) is 0 Å². The fourth-order valence-electron chi connectivity index (χ4n) is 1.68. The van der Waals surface area contributed by atoms with E-state index >= 15 is 0 Å². The molecule has 0 bridgehead atoms. The Balaban J connectivity index is 2.53. The zero-order valence-corrected chi connectivity index (χ0v) is 13.5. The first-order valence-electron chi connectivity index (χ1n) is 6.91. The van der Waals surface area contributed by atoms with E-state index in [1.165, 1.54) is 11.1 Å². The minimum atomic E-state index is -0.155. The van der Waals surface area contributed by atoms with Gasteiger partial charge in [0, 0.05) is 19.0 Å². The molecule has 108 valence electrons. The molecule has 0 atom stereocenters. The van der Waals surface area contributed by atoms with Crippen LogP contribution in [0.4, 0.5) is 0 Å². The topological polar surface area (TPSA) is 18.5 Å². The van der Waals surface area contributed by atoms with Crippen LogP contribution in [0, 0.1) is 0 Å². The van der Waals surface area contributed by atoms with Crippen molar-refractivity contribution < 1.29 is 9.47 Å². The van der Waals surface area contributed by atoms with Gasteiger partial charge in [0.05, 0.1) is 0 Å². The Bertz CT molecular complexity index is 348. The van der Waals surface area contributed by atoms with Gasteiger partial charge in [0.25, 0.3) is 0 Å². The summed E-state index contributed by atoms with van der Waals surface area (Å²) >= 11 is 1.69. The summed E-state index contributed by atoms with van der Waals surface area (Å²) in [6.45, 7) is 12.0. The third kappa shape index (κ3) is 5.98. The van der Waals surface area contributed by atoms with Crippen LogP contribution in [0.5, 0.6) is 0 Å². The molecule has 0 aliphatic rings. The molecule has 0 aromatic heterocycles. The Morgan fingerprint density at radius 3 is 1.95 bits per heavy atom. The van der Waals surface area contributed by atoms with E-state index in [2.05, 4.69) is 45.0 Å². The van der Waals surface area contributed by atoms with E-state index in [0.29, 0.717) is 13.2 Å². The van der Waals surface area contributed by atoms with Gasteiger partial charge in [-0.1, -0.05) is 56.8 Å². The monoisotopic (exact) mass is 282 g/mol. The summed E-state index contributed by atoms with van der Waals surface area (Å²) < 4.78 is 11.0. The highest BCUT2D eigenvalue weighted by molar-refractivity contribution is 7.98. The Kier molecular flexibility index (Phi) is 6.90. The zero-order chi connectivity index (χ0) is 14.3. The maximum absolute atomic E-state index is 5.52. The zero-order valence-electron chi connectivity index (χ0n) is 12.7. The molecule has 0 aliphatic carbocycles. The molecule has 0 unspecified atom stereocenters. The molecule has 1 aromatic carbocycles.